The van der Waals surface area contributed by atoms with Gasteiger partial charge in [-0.15, -0.1) is 0 Å². The van der Waals surface area contributed by atoms with Gasteiger partial charge in [0, 0.05) is 7.05 Å². The number of hydrogen-bond acceptors (Lipinski definition) is 2. The lowest BCUT2D eigenvalue weighted by Gasteiger charge is -2.13. The van der Waals surface area contributed by atoms with Crippen LogP contribution in [0.3, 0.4) is 0 Å². The molecule has 4 nitrogen and oxygen atoms in total. The zero-order chi connectivity index (χ0) is 11.5. The van der Waals surface area contributed by atoms with Crippen LogP contribution in [0.2, 0.25) is 0 Å². The Balaban J connectivity index is 2.13. The van der Waals surface area contributed by atoms with Gasteiger partial charge < -0.3 is 4.90 Å². The van der Waals surface area contributed by atoms with E-state index in [1.807, 2.05) is 36.4 Å². The van der Waals surface area contributed by atoms with E-state index in [-0.39, 0.29) is 17.9 Å². The van der Waals surface area contributed by atoms with Crippen LogP contribution in [-0.2, 0) is 4.79 Å². The van der Waals surface area contributed by atoms with Crippen LogP contribution >= 0.6 is 0 Å². The molecular weight excluding hydrogens is 202 g/mol. The van der Waals surface area contributed by atoms with Crippen LogP contribution in [0.5, 0.6) is 0 Å². The van der Waals surface area contributed by atoms with Crippen molar-refractivity contribution < 1.29 is 4.79 Å². The number of hydrogen-bond donors (Lipinski definition) is 2. The lowest BCUT2D eigenvalue weighted by Crippen LogP contribution is -2.29. The maximum Gasteiger partial charge on any atom is 0.253 e. The molecule has 0 radical (unpaired) electrons. The van der Waals surface area contributed by atoms with Gasteiger partial charge in [0.15, 0.2) is 5.96 Å². The SMILES string of the molecule is CN1C(=N)NC(=O)C1/C=C/c1ccccc1. The van der Waals surface area contributed by atoms with Gasteiger partial charge >= 0.3 is 0 Å². The minimum atomic E-state index is -0.382. The van der Waals surface area contributed by atoms with E-state index >= 15 is 0 Å². The molecule has 0 saturated carbocycles. The lowest BCUT2D eigenvalue weighted by atomic mass is 10.1. The first kappa shape index (κ1) is 10.4. The Morgan fingerprint density at radius 1 is 1.38 bits per heavy atom. The number of guanidine groups is 1. The van der Waals surface area contributed by atoms with E-state index in [1.165, 1.54) is 0 Å². The predicted molar refractivity (Wildman–Crippen MR) is 62.9 cm³/mol. The van der Waals surface area contributed by atoms with Gasteiger partial charge in [0.1, 0.15) is 6.04 Å². The van der Waals surface area contributed by atoms with Crippen LogP contribution in [0.25, 0.3) is 6.08 Å². The first-order valence-electron chi connectivity index (χ1n) is 5.04. The molecule has 1 aliphatic heterocycles. The minimum Gasteiger partial charge on any atom is -0.330 e. The highest BCUT2D eigenvalue weighted by Crippen LogP contribution is 2.09. The van der Waals surface area contributed by atoms with Crippen molar-refractivity contribution in [3.63, 3.8) is 0 Å². The summed E-state index contributed by atoms with van der Waals surface area (Å²) < 4.78 is 0. The monoisotopic (exact) mass is 215 g/mol. The average molecular weight is 215 g/mol. The summed E-state index contributed by atoms with van der Waals surface area (Å²) in [6.45, 7) is 0. The molecule has 0 spiro atoms. The third-order valence-electron chi connectivity index (χ3n) is 2.55. The first-order valence-corrected chi connectivity index (χ1v) is 5.04. The largest absolute Gasteiger partial charge is 0.330 e. The Bertz CT molecular complexity index is 439. The summed E-state index contributed by atoms with van der Waals surface area (Å²) in [5.74, 6) is -0.00704. The Hall–Kier alpha value is -2.10. The molecule has 1 atom stereocenters. The first-order chi connectivity index (χ1) is 7.68. The molecule has 82 valence electrons. The second kappa shape index (κ2) is 4.18. The van der Waals surface area contributed by atoms with E-state index in [2.05, 4.69) is 5.32 Å². The minimum absolute atomic E-state index is 0.146. The topological polar surface area (TPSA) is 56.2 Å². The van der Waals surface area contributed by atoms with Crippen molar-refractivity contribution >= 4 is 17.9 Å². The summed E-state index contributed by atoms with van der Waals surface area (Å²) in [6.07, 6.45) is 3.69. The van der Waals surface area contributed by atoms with Crippen LogP contribution in [0.4, 0.5) is 0 Å². The quantitative estimate of drug-likeness (QED) is 0.775. The van der Waals surface area contributed by atoms with Crippen LogP contribution in [0, 0.1) is 5.41 Å². The van der Waals surface area contributed by atoms with Crippen LogP contribution < -0.4 is 5.32 Å². The van der Waals surface area contributed by atoms with E-state index in [1.54, 1.807) is 18.0 Å². The second-order valence-corrected chi connectivity index (χ2v) is 3.66. The van der Waals surface area contributed by atoms with Crippen LogP contribution in [-0.4, -0.2) is 29.9 Å². The van der Waals surface area contributed by atoms with Crippen molar-refractivity contribution in [1.29, 1.82) is 5.41 Å². The van der Waals surface area contributed by atoms with Gasteiger partial charge in [-0.25, -0.2) is 0 Å². The van der Waals surface area contributed by atoms with Crippen LogP contribution in [0.1, 0.15) is 5.56 Å². The van der Waals surface area contributed by atoms with Gasteiger partial charge in [-0.1, -0.05) is 42.5 Å². The molecule has 1 heterocycles. The summed E-state index contributed by atoms with van der Waals surface area (Å²) in [4.78, 5) is 13.1. The molecule has 1 saturated heterocycles. The summed E-state index contributed by atoms with van der Waals surface area (Å²) in [7, 11) is 1.72. The highest BCUT2D eigenvalue weighted by atomic mass is 16.2. The van der Waals surface area contributed by atoms with E-state index in [9.17, 15) is 4.79 Å². The third kappa shape index (κ3) is 1.95. The number of amides is 1. The summed E-state index contributed by atoms with van der Waals surface area (Å²) >= 11 is 0. The Kier molecular flexibility index (Phi) is 2.72. The normalized spacial score (nSPS) is 20.6. The molecule has 2 N–H and O–H groups in total. The van der Waals surface area contributed by atoms with Crippen molar-refractivity contribution in [2.45, 2.75) is 6.04 Å². The summed E-state index contributed by atoms with van der Waals surface area (Å²) in [6, 6.07) is 9.39. The number of benzene rings is 1. The molecule has 1 fully saturated rings. The maximum atomic E-state index is 11.5. The summed E-state index contributed by atoms with van der Waals surface area (Å²) in [5, 5.41) is 9.93. The van der Waals surface area contributed by atoms with Crippen molar-refractivity contribution in [3.05, 3.63) is 42.0 Å². The van der Waals surface area contributed by atoms with Gasteiger partial charge in [0.05, 0.1) is 0 Å². The molecule has 1 aromatic carbocycles. The van der Waals surface area contributed by atoms with Crippen molar-refractivity contribution in [1.82, 2.24) is 10.2 Å². The molecule has 0 bridgehead atoms. The van der Waals surface area contributed by atoms with E-state index < -0.39 is 0 Å². The zero-order valence-corrected chi connectivity index (χ0v) is 8.97. The Labute approximate surface area is 94.1 Å². The van der Waals surface area contributed by atoms with Gasteiger partial charge in [-0.3, -0.25) is 15.5 Å². The lowest BCUT2D eigenvalue weighted by molar-refractivity contribution is -0.120. The standard InChI is InChI=1S/C12H13N3O/c1-15-10(11(16)14-12(15)13)8-7-9-5-3-2-4-6-9/h2-8,10H,1H3,(H2,13,14,16)/b8-7+. The number of rotatable bonds is 2. The number of nitrogens with zero attached hydrogens (tertiary/aromatic N) is 1. The van der Waals surface area contributed by atoms with E-state index in [4.69, 9.17) is 5.41 Å². The van der Waals surface area contributed by atoms with Crippen LogP contribution in [0.15, 0.2) is 36.4 Å². The molecule has 16 heavy (non-hydrogen) atoms. The number of carbonyl (C=O) groups excluding carboxylic acids is 1. The zero-order valence-electron chi connectivity index (χ0n) is 8.97. The molecule has 1 unspecified atom stereocenters. The van der Waals surface area contributed by atoms with Gasteiger partial charge in [0.25, 0.3) is 5.91 Å². The third-order valence-corrected chi connectivity index (χ3v) is 2.55. The van der Waals surface area contributed by atoms with E-state index in [0.29, 0.717) is 0 Å². The fraction of sp³-hybridized carbons (Fsp3) is 0.167. The smallest absolute Gasteiger partial charge is 0.253 e. The fourth-order valence-corrected chi connectivity index (χ4v) is 1.58. The number of likely N-dealkylation sites (N-methyl/N-ethyl adjacent to an activating group) is 1. The Morgan fingerprint density at radius 2 is 2.06 bits per heavy atom. The molecule has 2 rings (SSSR count). The molecule has 0 aliphatic carbocycles. The Morgan fingerprint density at radius 3 is 2.62 bits per heavy atom. The van der Waals surface area contributed by atoms with E-state index in [0.717, 1.165) is 5.56 Å². The maximum absolute atomic E-state index is 11.5. The molecule has 1 aliphatic rings. The highest BCUT2D eigenvalue weighted by molar-refractivity contribution is 6.06. The van der Waals surface area contributed by atoms with Crippen molar-refractivity contribution in [2.24, 2.45) is 0 Å². The highest BCUT2D eigenvalue weighted by Gasteiger charge is 2.30. The number of carbonyl (C=O) groups is 1. The second-order valence-electron chi connectivity index (χ2n) is 3.66. The van der Waals surface area contributed by atoms with Gasteiger partial charge in [0.2, 0.25) is 0 Å². The fourth-order valence-electron chi connectivity index (χ4n) is 1.58. The molecule has 0 aromatic heterocycles. The van der Waals surface area contributed by atoms with Gasteiger partial charge in [-0.05, 0) is 5.56 Å². The molecule has 1 amide bonds. The van der Waals surface area contributed by atoms with Gasteiger partial charge in [-0.2, -0.15) is 0 Å². The molecule has 4 heteroatoms. The average Bonchev–Trinajstić information content (AvgIpc) is 2.53. The molecule has 1 aromatic rings. The predicted octanol–water partition coefficient (Wildman–Crippen LogP) is 1.06. The number of nitrogens with one attached hydrogen (secondary N) is 2. The van der Waals surface area contributed by atoms with Crippen molar-refractivity contribution in [3.8, 4) is 0 Å². The van der Waals surface area contributed by atoms with Crippen molar-refractivity contribution in [2.75, 3.05) is 7.05 Å². The molecular formula is C12H13N3O. The summed E-state index contributed by atoms with van der Waals surface area (Å²) in [5.41, 5.74) is 1.04.